The number of rotatable bonds is 3. The summed E-state index contributed by atoms with van der Waals surface area (Å²) in [6.45, 7) is 5.47. The summed E-state index contributed by atoms with van der Waals surface area (Å²) < 4.78 is 5.06. The van der Waals surface area contributed by atoms with E-state index in [0.717, 1.165) is 0 Å². The van der Waals surface area contributed by atoms with Crippen molar-refractivity contribution < 1.29 is 19.2 Å². The van der Waals surface area contributed by atoms with Crippen LogP contribution in [0.3, 0.4) is 0 Å². The molecule has 100 valence electrons. The van der Waals surface area contributed by atoms with Crippen LogP contribution in [0.15, 0.2) is 43.0 Å². The molecule has 1 heterocycles. The molecule has 2 amide bonds. The quantitative estimate of drug-likeness (QED) is 0.784. The molecule has 5 nitrogen and oxygen atoms in total. The van der Waals surface area contributed by atoms with Crippen molar-refractivity contribution in [3.8, 4) is 5.75 Å². The van der Waals surface area contributed by atoms with Crippen LogP contribution < -0.4 is 4.74 Å². The van der Waals surface area contributed by atoms with Crippen molar-refractivity contribution in [1.82, 2.24) is 5.06 Å². The number of amides is 2. The zero-order chi connectivity index (χ0) is 13.9. The summed E-state index contributed by atoms with van der Waals surface area (Å²) in [6, 6.07) is 8.52. The molecule has 2 rings (SSSR count). The molecule has 0 N–H and O–H groups in total. The Morgan fingerprint density at radius 3 is 2.84 bits per heavy atom. The first-order chi connectivity index (χ1) is 9.07. The highest BCUT2D eigenvalue weighted by Gasteiger charge is 2.47. The number of hydrogen-bond donors (Lipinski definition) is 0. The van der Waals surface area contributed by atoms with Gasteiger partial charge < -0.3 is 4.74 Å². The van der Waals surface area contributed by atoms with Gasteiger partial charge in [0.1, 0.15) is 5.75 Å². The van der Waals surface area contributed by atoms with E-state index in [2.05, 4.69) is 6.58 Å². The molecular weight excluding hydrogens is 246 g/mol. The number of hydroxylamine groups is 2. The van der Waals surface area contributed by atoms with Gasteiger partial charge in [0.05, 0.1) is 12.0 Å². The van der Waals surface area contributed by atoms with E-state index in [1.165, 1.54) is 0 Å². The fraction of sp³-hybridized carbons (Fsp3) is 0.286. The average Bonchev–Trinajstić information content (AvgIpc) is 2.68. The molecule has 0 saturated carbocycles. The lowest BCUT2D eigenvalue weighted by Gasteiger charge is -2.17. The molecule has 0 bridgehead atoms. The van der Waals surface area contributed by atoms with Gasteiger partial charge in [-0.2, -0.15) is 0 Å². The van der Waals surface area contributed by atoms with Gasteiger partial charge in [0.15, 0.2) is 0 Å². The van der Waals surface area contributed by atoms with E-state index in [4.69, 9.17) is 9.57 Å². The summed E-state index contributed by atoms with van der Waals surface area (Å²) in [6.07, 6.45) is 1.25. The van der Waals surface area contributed by atoms with E-state index in [-0.39, 0.29) is 6.61 Å². The van der Waals surface area contributed by atoms with Crippen LogP contribution in [0.25, 0.3) is 0 Å². The number of carbonyl (C=O) groups is 2. The lowest BCUT2D eigenvalue weighted by atomic mass is 9.88. The third-order valence-corrected chi connectivity index (χ3v) is 2.92. The number of ether oxygens (including phenoxy) is 1. The minimum atomic E-state index is -0.830. The zero-order valence-electron chi connectivity index (χ0n) is 10.7. The SMILES string of the molecule is C=CC[C@]1(C)CON(C(=O)Oc2ccccc2)C1=O. The van der Waals surface area contributed by atoms with E-state index in [1.54, 1.807) is 43.3 Å². The van der Waals surface area contributed by atoms with Gasteiger partial charge in [0.25, 0.3) is 5.91 Å². The van der Waals surface area contributed by atoms with Gasteiger partial charge >= 0.3 is 6.09 Å². The molecule has 0 aliphatic carbocycles. The van der Waals surface area contributed by atoms with Gasteiger partial charge in [-0.15, -0.1) is 11.6 Å². The van der Waals surface area contributed by atoms with E-state index in [0.29, 0.717) is 17.2 Å². The zero-order valence-corrected chi connectivity index (χ0v) is 10.7. The van der Waals surface area contributed by atoms with Gasteiger partial charge in [0.2, 0.25) is 0 Å². The number of nitrogens with zero attached hydrogens (tertiary/aromatic N) is 1. The average molecular weight is 261 g/mol. The number of carbonyl (C=O) groups excluding carboxylic acids is 2. The van der Waals surface area contributed by atoms with Gasteiger partial charge in [-0.1, -0.05) is 24.3 Å². The Labute approximate surface area is 111 Å². The van der Waals surface area contributed by atoms with Gasteiger partial charge in [-0.25, -0.2) is 4.79 Å². The summed E-state index contributed by atoms with van der Waals surface area (Å²) >= 11 is 0. The van der Waals surface area contributed by atoms with Crippen molar-refractivity contribution in [2.75, 3.05) is 6.61 Å². The monoisotopic (exact) mass is 261 g/mol. The van der Waals surface area contributed by atoms with E-state index in [1.807, 2.05) is 0 Å². The molecule has 1 aromatic rings. The Morgan fingerprint density at radius 1 is 1.53 bits per heavy atom. The lowest BCUT2D eigenvalue weighted by molar-refractivity contribution is -0.151. The second kappa shape index (κ2) is 5.24. The molecule has 1 fully saturated rings. The maximum Gasteiger partial charge on any atom is 0.446 e. The third-order valence-electron chi connectivity index (χ3n) is 2.92. The first-order valence-electron chi connectivity index (χ1n) is 5.92. The van der Waals surface area contributed by atoms with E-state index < -0.39 is 17.4 Å². The molecule has 0 spiro atoms. The molecule has 1 aliphatic rings. The summed E-state index contributed by atoms with van der Waals surface area (Å²) in [5.41, 5.74) is -0.753. The van der Waals surface area contributed by atoms with E-state index in [9.17, 15) is 9.59 Å². The predicted molar refractivity (Wildman–Crippen MR) is 68.2 cm³/mol. The molecule has 5 heteroatoms. The Kier molecular flexibility index (Phi) is 3.66. The molecule has 0 aromatic heterocycles. The first-order valence-corrected chi connectivity index (χ1v) is 5.92. The summed E-state index contributed by atoms with van der Waals surface area (Å²) in [5.74, 6) is -0.0467. The Balaban J connectivity index is 2.06. The van der Waals surface area contributed by atoms with Crippen molar-refractivity contribution in [2.24, 2.45) is 5.41 Å². The number of benzene rings is 1. The number of hydrogen-bond acceptors (Lipinski definition) is 4. The second-order valence-corrected chi connectivity index (χ2v) is 4.61. The van der Waals surface area contributed by atoms with Gasteiger partial charge in [-0.3, -0.25) is 9.63 Å². The third kappa shape index (κ3) is 2.66. The van der Waals surface area contributed by atoms with Crippen LogP contribution in [-0.2, 0) is 9.63 Å². The normalized spacial score (nSPS) is 22.4. The van der Waals surface area contributed by atoms with Crippen molar-refractivity contribution in [3.05, 3.63) is 43.0 Å². The summed E-state index contributed by atoms with van der Waals surface area (Å²) in [5, 5.41) is 0.677. The van der Waals surface area contributed by atoms with Crippen LogP contribution in [0.2, 0.25) is 0 Å². The van der Waals surface area contributed by atoms with Crippen LogP contribution in [0.4, 0.5) is 4.79 Å². The highest BCUT2D eigenvalue weighted by Crippen LogP contribution is 2.32. The Hall–Kier alpha value is -2.14. The summed E-state index contributed by atoms with van der Waals surface area (Å²) in [4.78, 5) is 29.1. The second-order valence-electron chi connectivity index (χ2n) is 4.61. The highest BCUT2D eigenvalue weighted by molar-refractivity contribution is 5.95. The molecule has 1 atom stereocenters. The Bertz CT molecular complexity index is 499. The first kappa shape index (κ1) is 13.3. The molecule has 1 aromatic carbocycles. The number of allylic oxidation sites excluding steroid dienone is 1. The van der Waals surface area contributed by atoms with Crippen molar-refractivity contribution in [2.45, 2.75) is 13.3 Å². The molecule has 1 aliphatic heterocycles. The van der Waals surface area contributed by atoms with Crippen LogP contribution in [0.1, 0.15) is 13.3 Å². The summed E-state index contributed by atoms with van der Waals surface area (Å²) in [7, 11) is 0. The largest absolute Gasteiger partial charge is 0.446 e. The molecule has 1 saturated heterocycles. The minimum absolute atomic E-state index is 0.141. The van der Waals surface area contributed by atoms with Crippen molar-refractivity contribution in [3.63, 3.8) is 0 Å². The van der Waals surface area contributed by atoms with Crippen LogP contribution in [0, 0.1) is 5.41 Å². The van der Waals surface area contributed by atoms with Crippen molar-refractivity contribution in [1.29, 1.82) is 0 Å². The topological polar surface area (TPSA) is 55.8 Å². The number of imide groups is 1. The maximum atomic E-state index is 12.1. The van der Waals surface area contributed by atoms with Crippen LogP contribution >= 0.6 is 0 Å². The van der Waals surface area contributed by atoms with E-state index >= 15 is 0 Å². The Morgan fingerprint density at radius 2 is 2.21 bits per heavy atom. The lowest BCUT2D eigenvalue weighted by Crippen LogP contribution is -2.38. The highest BCUT2D eigenvalue weighted by atomic mass is 16.7. The van der Waals surface area contributed by atoms with Gasteiger partial charge in [0, 0.05) is 0 Å². The predicted octanol–water partition coefficient (Wildman–Crippen LogP) is 2.54. The molecular formula is C14H15NO4. The van der Waals surface area contributed by atoms with Crippen molar-refractivity contribution >= 4 is 12.0 Å². The smallest absolute Gasteiger partial charge is 0.408 e. The molecule has 0 unspecified atom stereocenters. The van der Waals surface area contributed by atoms with Crippen LogP contribution in [-0.4, -0.2) is 23.7 Å². The fourth-order valence-electron chi connectivity index (χ4n) is 1.80. The molecule has 19 heavy (non-hydrogen) atoms. The molecule has 0 radical (unpaired) electrons. The fourth-order valence-corrected chi connectivity index (χ4v) is 1.80. The van der Waals surface area contributed by atoms with Gasteiger partial charge in [-0.05, 0) is 25.5 Å². The minimum Gasteiger partial charge on any atom is -0.408 e. The maximum absolute atomic E-state index is 12.1. The number of para-hydroxylation sites is 1. The van der Waals surface area contributed by atoms with Crippen LogP contribution in [0.5, 0.6) is 5.75 Å². The standard InChI is InChI=1S/C14H15NO4/c1-3-9-14(2)10-18-15(12(14)16)13(17)19-11-7-5-4-6-8-11/h3-8H,1,9-10H2,2H3/t14-/m1/s1.